The second kappa shape index (κ2) is 11.0. The zero-order valence-corrected chi connectivity index (χ0v) is 31.4. The Morgan fingerprint density at radius 1 is 0.321 bits per heavy atom. The highest BCUT2D eigenvalue weighted by atomic mass is 28.3. The third-order valence-corrected chi connectivity index (χ3v) is 17.5. The Hall–Kier alpha value is -7.14. The maximum atomic E-state index is 2.60. The normalized spacial score (nSPS) is 13.8. The van der Waals surface area contributed by atoms with E-state index in [0.29, 0.717) is 0 Å². The van der Waals surface area contributed by atoms with Gasteiger partial charge in [-0.2, -0.15) is 0 Å². The van der Waals surface area contributed by atoms with E-state index in [1.807, 2.05) is 0 Å². The van der Waals surface area contributed by atoms with Gasteiger partial charge < -0.3 is 13.7 Å². The number of aromatic nitrogens is 2. The minimum Gasteiger partial charge on any atom is -0.311 e. The van der Waals surface area contributed by atoms with Gasteiger partial charge >= 0.3 is 0 Å². The molecule has 0 unspecified atom stereocenters. The highest BCUT2D eigenvalue weighted by Gasteiger charge is 2.49. The van der Waals surface area contributed by atoms with Crippen LogP contribution in [0.15, 0.2) is 200 Å². The molecule has 0 atom stereocenters. The number of para-hydroxylation sites is 4. The van der Waals surface area contributed by atoms with Crippen molar-refractivity contribution >= 4 is 111 Å². The van der Waals surface area contributed by atoms with Crippen LogP contribution in [-0.4, -0.2) is 16.9 Å². The van der Waals surface area contributed by atoms with Crippen LogP contribution in [0.5, 0.6) is 0 Å². The van der Waals surface area contributed by atoms with Crippen LogP contribution in [0.25, 0.3) is 65.4 Å². The van der Waals surface area contributed by atoms with E-state index in [9.17, 15) is 0 Å². The van der Waals surface area contributed by atoms with Crippen LogP contribution in [0, 0.1) is 0 Å². The lowest BCUT2D eigenvalue weighted by Gasteiger charge is -2.45. The summed E-state index contributed by atoms with van der Waals surface area (Å²) in [6, 6.07) is 75.2. The first kappa shape index (κ1) is 30.2. The topological polar surface area (TPSA) is 12.1 Å². The number of hydrogen-bond donors (Lipinski definition) is 0. The highest BCUT2D eigenvalue weighted by Crippen LogP contribution is 2.45. The van der Waals surface area contributed by atoms with Crippen molar-refractivity contribution in [1.29, 1.82) is 0 Å². The molecule has 0 bridgehead atoms. The molecular formula is C52H33N3Si. The smallest absolute Gasteiger partial charge is 0.184 e. The number of nitrogens with zero attached hydrogens (tertiary/aromatic N) is 3. The van der Waals surface area contributed by atoms with E-state index in [1.165, 1.54) is 97.5 Å². The Balaban J connectivity index is 1.27. The molecular weight excluding hydrogens is 695 g/mol. The van der Waals surface area contributed by atoms with Crippen LogP contribution in [0.4, 0.5) is 17.1 Å². The summed E-state index contributed by atoms with van der Waals surface area (Å²) in [6.07, 6.45) is 0. The SMILES string of the molecule is c1ccc(N2c3ccccc3[Si](c3ccccc3)(c3ccccc3)c3cc4c(cc32)c2cccc3c2n4c2cccc4c5ccc6ccccc6c5n3c42)cc1. The molecule has 13 rings (SSSR count). The molecule has 0 saturated heterocycles. The number of hydrogen-bond acceptors (Lipinski definition) is 1. The first-order valence-corrected chi connectivity index (χ1v) is 21.5. The minimum atomic E-state index is -2.90. The molecule has 0 saturated carbocycles. The van der Waals surface area contributed by atoms with Crippen molar-refractivity contribution in [2.24, 2.45) is 0 Å². The van der Waals surface area contributed by atoms with E-state index in [0.717, 1.165) is 5.69 Å². The molecule has 0 radical (unpaired) electrons. The van der Waals surface area contributed by atoms with E-state index in [4.69, 9.17) is 0 Å². The monoisotopic (exact) mass is 727 g/mol. The molecule has 4 heterocycles. The second-order valence-electron chi connectivity index (χ2n) is 15.3. The maximum absolute atomic E-state index is 2.90. The zero-order chi connectivity index (χ0) is 36.5. The maximum Gasteiger partial charge on any atom is 0.184 e. The lowest BCUT2D eigenvalue weighted by Crippen LogP contribution is -2.77. The van der Waals surface area contributed by atoms with Gasteiger partial charge in [0.25, 0.3) is 0 Å². The van der Waals surface area contributed by atoms with Gasteiger partial charge in [-0.25, -0.2) is 0 Å². The number of fused-ring (bicyclic) bond motifs is 12. The molecule has 0 N–H and O–H groups in total. The molecule has 1 aliphatic heterocycles. The Labute approximate surface area is 323 Å². The number of anilines is 3. The van der Waals surface area contributed by atoms with E-state index in [-0.39, 0.29) is 0 Å². The van der Waals surface area contributed by atoms with Crippen LogP contribution in [0.2, 0.25) is 0 Å². The fraction of sp³-hybridized carbons (Fsp3) is 0. The Bertz CT molecular complexity index is 3490. The Morgan fingerprint density at radius 2 is 0.893 bits per heavy atom. The molecule has 1 aliphatic rings. The third kappa shape index (κ3) is 3.67. The van der Waals surface area contributed by atoms with Crippen molar-refractivity contribution in [2.45, 2.75) is 0 Å². The van der Waals surface area contributed by atoms with E-state index in [1.54, 1.807) is 0 Å². The van der Waals surface area contributed by atoms with Gasteiger partial charge in [0.15, 0.2) is 8.07 Å². The third-order valence-electron chi connectivity index (χ3n) is 12.6. The van der Waals surface area contributed by atoms with Crippen molar-refractivity contribution in [1.82, 2.24) is 8.80 Å². The summed E-state index contributed by atoms with van der Waals surface area (Å²) in [4.78, 5) is 2.53. The van der Waals surface area contributed by atoms with Gasteiger partial charge in [-0.3, -0.25) is 0 Å². The quantitative estimate of drug-likeness (QED) is 0.130. The van der Waals surface area contributed by atoms with Crippen molar-refractivity contribution in [2.75, 3.05) is 4.90 Å². The zero-order valence-electron chi connectivity index (χ0n) is 30.4. The number of benzene rings is 9. The molecule has 3 nitrogen and oxygen atoms in total. The molecule has 0 fully saturated rings. The van der Waals surface area contributed by atoms with Crippen LogP contribution in [0.1, 0.15) is 0 Å². The molecule has 260 valence electrons. The largest absolute Gasteiger partial charge is 0.311 e. The van der Waals surface area contributed by atoms with E-state index >= 15 is 0 Å². The van der Waals surface area contributed by atoms with Crippen LogP contribution in [0.3, 0.4) is 0 Å². The fourth-order valence-electron chi connectivity index (χ4n) is 10.5. The summed E-state index contributed by atoms with van der Waals surface area (Å²) in [5.74, 6) is 0. The van der Waals surface area contributed by atoms with Gasteiger partial charge in [0.1, 0.15) is 0 Å². The first-order chi connectivity index (χ1) is 27.8. The summed E-state index contributed by atoms with van der Waals surface area (Å²) < 4.78 is 5.15. The van der Waals surface area contributed by atoms with Gasteiger partial charge in [0.2, 0.25) is 0 Å². The molecule has 9 aromatic carbocycles. The molecule has 0 aliphatic carbocycles. The van der Waals surface area contributed by atoms with Crippen molar-refractivity contribution in [3.63, 3.8) is 0 Å². The van der Waals surface area contributed by atoms with E-state index in [2.05, 4.69) is 214 Å². The standard InChI is InChI=1S/C52H33N3Si/c1-4-17-35(18-5-1)53-43-26-12-13-29-48(43)56(36-19-6-2-7-20-36,37-21-8-3-9-22-37)49-33-46-42(32-47(49)53)40-25-15-28-45-51(40)54(46)44-27-14-24-39-41-31-30-34-16-10-11-23-38(34)50(41)55(45)52(39)44/h1-33H. The van der Waals surface area contributed by atoms with Gasteiger partial charge in [-0.05, 0) is 68.6 Å². The molecule has 0 spiro atoms. The lowest BCUT2D eigenvalue weighted by atomic mass is 10.1. The average molecular weight is 728 g/mol. The average Bonchev–Trinajstić information content (AvgIpc) is 3.79. The van der Waals surface area contributed by atoms with Crippen LogP contribution >= 0.6 is 0 Å². The molecule has 0 amide bonds. The van der Waals surface area contributed by atoms with E-state index < -0.39 is 8.07 Å². The van der Waals surface area contributed by atoms with Crippen LogP contribution in [-0.2, 0) is 0 Å². The summed E-state index contributed by atoms with van der Waals surface area (Å²) in [5, 5.41) is 13.2. The molecule has 3 aromatic heterocycles. The lowest BCUT2D eigenvalue weighted by molar-refractivity contribution is 1.26. The predicted octanol–water partition coefficient (Wildman–Crippen LogP) is 10.6. The molecule has 56 heavy (non-hydrogen) atoms. The van der Waals surface area contributed by atoms with Gasteiger partial charge in [-0.1, -0.05) is 158 Å². The van der Waals surface area contributed by atoms with Crippen LogP contribution < -0.4 is 25.6 Å². The predicted molar refractivity (Wildman–Crippen MR) is 239 cm³/mol. The van der Waals surface area contributed by atoms with Gasteiger partial charge in [-0.15, -0.1) is 0 Å². The fourth-order valence-corrected chi connectivity index (χ4v) is 15.6. The summed E-state index contributed by atoms with van der Waals surface area (Å²) in [7, 11) is -2.90. The summed E-state index contributed by atoms with van der Waals surface area (Å²) in [5.41, 5.74) is 11.2. The van der Waals surface area contributed by atoms with Crippen molar-refractivity contribution in [3.8, 4) is 0 Å². The van der Waals surface area contributed by atoms with Crippen molar-refractivity contribution in [3.05, 3.63) is 200 Å². The Kier molecular flexibility index (Phi) is 5.92. The highest BCUT2D eigenvalue weighted by molar-refractivity contribution is 7.21. The van der Waals surface area contributed by atoms with Crippen molar-refractivity contribution < 1.29 is 0 Å². The first-order valence-electron chi connectivity index (χ1n) is 19.5. The Morgan fingerprint density at radius 3 is 1.64 bits per heavy atom. The molecule has 12 aromatic rings. The van der Waals surface area contributed by atoms with Gasteiger partial charge in [0.05, 0.1) is 33.1 Å². The number of rotatable bonds is 3. The summed E-state index contributed by atoms with van der Waals surface area (Å²) >= 11 is 0. The van der Waals surface area contributed by atoms with Gasteiger partial charge in [0, 0.05) is 44.0 Å². The molecule has 4 heteroatoms. The second-order valence-corrected chi connectivity index (χ2v) is 19.0. The minimum absolute atomic E-state index is 1.16. The summed E-state index contributed by atoms with van der Waals surface area (Å²) in [6.45, 7) is 0.